The van der Waals surface area contributed by atoms with Gasteiger partial charge in [-0.15, -0.1) is 0 Å². The molecule has 2 heterocycles. The maximum atomic E-state index is 12.9. The van der Waals surface area contributed by atoms with Crippen molar-refractivity contribution in [2.75, 3.05) is 6.79 Å². The van der Waals surface area contributed by atoms with Crippen LogP contribution in [0.15, 0.2) is 53.7 Å². The highest BCUT2D eigenvalue weighted by molar-refractivity contribution is 5.95. The second kappa shape index (κ2) is 7.86. The van der Waals surface area contributed by atoms with Crippen LogP contribution < -0.4 is 14.8 Å². The van der Waals surface area contributed by atoms with Crippen molar-refractivity contribution in [1.29, 1.82) is 0 Å². The second-order valence-corrected chi connectivity index (χ2v) is 6.96. The molecule has 0 bridgehead atoms. The van der Waals surface area contributed by atoms with Crippen molar-refractivity contribution in [3.63, 3.8) is 0 Å². The average molecular weight is 410 g/mol. The lowest BCUT2D eigenvalue weighted by Crippen LogP contribution is -2.34. The van der Waals surface area contributed by atoms with Gasteiger partial charge in [-0.05, 0) is 30.2 Å². The van der Waals surface area contributed by atoms with Crippen LogP contribution in [0.4, 0.5) is 5.69 Å². The second-order valence-electron chi connectivity index (χ2n) is 6.96. The van der Waals surface area contributed by atoms with Gasteiger partial charge in [-0.25, -0.2) is 4.79 Å². The highest BCUT2D eigenvalue weighted by atomic mass is 16.7. The van der Waals surface area contributed by atoms with E-state index in [0.717, 1.165) is 5.56 Å². The molecule has 0 saturated heterocycles. The van der Waals surface area contributed by atoms with Crippen molar-refractivity contribution in [2.24, 2.45) is 0 Å². The van der Waals surface area contributed by atoms with Gasteiger partial charge in [-0.1, -0.05) is 18.2 Å². The van der Waals surface area contributed by atoms with E-state index < -0.39 is 16.8 Å². The summed E-state index contributed by atoms with van der Waals surface area (Å²) in [4.78, 5) is 35.3. The average Bonchev–Trinajstić information content (AvgIpc) is 3.19. The van der Waals surface area contributed by atoms with Crippen molar-refractivity contribution in [3.05, 3.63) is 75.0 Å². The molecule has 0 unspecified atom stereocenters. The zero-order valence-corrected chi connectivity index (χ0v) is 16.0. The summed E-state index contributed by atoms with van der Waals surface area (Å²) in [5.74, 6) is -0.120. The van der Waals surface area contributed by atoms with Crippen LogP contribution in [0.5, 0.6) is 11.5 Å². The van der Waals surface area contributed by atoms with Crippen LogP contribution in [-0.4, -0.2) is 23.6 Å². The molecule has 0 radical (unpaired) electrons. The van der Waals surface area contributed by atoms with Crippen molar-refractivity contribution in [2.45, 2.75) is 25.9 Å². The molecule has 9 nitrogen and oxygen atoms in total. The summed E-state index contributed by atoms with van der Waals surface area (Å²) >= 11 is 0. The molecule has 0 spiro atoms. The first-order valence-corrected chi connectivity index (χ1v) is 9.23. The summed E-state index contributed by atoms with van der Waals surface area (Å²) in [5.41, 5.74) is 2.03. The molecule has 2 aromatic carbocycles. The van der Waals surface area contributed by atoms with Gasteiger partial charge in [0.1, 0.15) is 6.61 Å². The van der Waals surface area contributed by atoms with Crippen molar-refractivity contribution < 1.29 is 28.7 Å². The van der Waals surface area contributed by atoms with E-state index in [9.17, 15) is 19.7 Å². The Morgan fingerprint density at radius 1 is 1.20 bits per heavy atom. The van der Waals surface area contributed by atoms with Gasteiger partial charge in [0.25, 0.3) is 5.69 Å². The maximum absolute atomic E-state index is 12.9. The minimum absolute atomic E-state index is 0.0210. The van der Waals surface area contributed by atoms with Crippen LogP contribution in [0, 0.1) is 10.1 Å². The van der Waals surface area contributed by atoms with Crippen LogP contribution >= 0.6 is 0 Å². The third-order valence-electron chi connectivity index (χ3n) is 5.00. The molecular weight excluding hydrogens is 392 g/mol. The Balaban J connectivity index is 1.54. The first-order valence-electron chi connectivity index (χ1n) is 9.23. The van der Waals surface area contributed by atoms with Crippen LogP contribution in [-0.2, 0) is 20.9 Å². The number of allylic oxidation sites excluding steroid dienone is 1. The molecule has 0 aromatic heterocycles. The van der Waals surface area contributed by atoms with E-state index in [1.54, 1.807) is 37.3 Å². The van der Waals surface area contributed by atoms with Crippen LogP contribution in [0.25, 0.3) is 0 Å². The van der Waals surface area contributed by atoms with E-state index in [2.05, 4.69) is 5.32 Å². The van der Waals surface area contributed by atoms with Crippen molar-refractivity contribution >= 4 is 17.6 Å². The number of carbonyl (C=O) groups excluding carboxylic acids is 2. The Hall–Kier alpha value is -3.88. The number of nitrogens with zero attached hydrogens (tertiary/aromatic N) is 1. The van der Waals surface area contributed by atoms with Crippen LogP contribution in [0.3, 0.4) is 0 Å². The molecular formula is C21H18N2O7. The number of carbonyl (C=O) groups is 2. The molecule has 154 valence electrons. The molecule has 0 saturated carbocycles. The van der Waals surface area contributed by atoms with Crippen molar-refractivity contribution in [1.82, 2.24) is 5.32 Å². The molecule has 2 aliphatic rings. The zero-order chi connectivity index (χ0) is 21.3. The van der Waals surface area contributed by atoms with Gasteiger partial charge in [0.05, 0.1) is 10.5 Å². The van der Waals surface area contributed by atoms with Crippen LogP contribution in [0.1, 0.15) is 30.4 Å². The summed E-state index contributed by atoms with van der Waals surface area (Å²) in [7, 11) is 0. The summed E-state index contributed by atoms with van der Waals surface area (Å²) in [5, 5.41) is 13.6. The molecule has 2 aromatic rings. The van der Waals surface area contributed by atoms with Gasteiger partial charge in [0, 0.05) is 30.2 Å². The van der Waals surface area contributed by atoms with Crippen molar-refractivity contribution in [3.8, 4) is 11.5 Å². The third kappa shape index (κ3) is 3.82. The summed E-state index contributed by atoms with van der Waals surface area (Å²) in [6, 6.07) is 11.1. The van der Waals surface area contributed by atoms with E-state index >= 15 is 0 Å². The number of esters is 1. The predicted octanol–water partition coefficient (Wildman–Crippen LogP) is 2.94. The van der Waals surface area contributed by atoms with Gasteiger partial charge >= 0.3 is 5.97 Å². The molecule has 9 heteroatoms. The van der Waals surface area contributed by atoms with Gasteiger partial charge in [0.2, 0.25) is 12.7 Å². The number of nitro benzene ring substituents is 1. The maximum Gasteiger partial charge on any atom is 0.336 e. The molecule has 1 atom stereocenters. The smallest absolute Gasteiger partial charge is 0.336 e. The largest absolute Gasteiger partial charge is 0.457 e. The molecule has 30 heavy (non-hydrogen) atoms. The molecule has 0 fully saturated rings. The third-order valence-corrected chi connectivity index (χ3v) is 5.00. The normalized spacial score (nSPS) is 17.5. The lowest BCUT2D eigenvalue weighted by Gasteiger charge is -2.26. The number of hydrogen-bond acceptors (Lipinski definition) is 7. The number of non-ortho nitro benzene ring substituents is 1. The topological polar surface area (TPSA) is 117 Å². The number of benzene rings is 2. The van der Waals surface area contributed by atoms with Gasteiger partial charge in [-0.2, -0.15) is 0 Å². The minimum Gasteiger partial charge on any atom is -0.457 e. The number of hydrogen-bond donors (Lipinski definition) is 1. The molecule has 2 aliphatic heterocycles. The Labute approximate surface area is 171 Å². The highest BCUT2D eigenvalue weighted by Crippen LogP contribution is 2.35. The highest BCUT2D eigenvalue weighted by Gasteiger charge is 2.33. The predicted molar refractivity (Wildman–Crippen MR) is 104 cm³/mol. The number of ether oxygens (including phenoxy) is 3. The van der Waals surface area contributed by atoms with Crippen LogP contribution in [0.2, 0.25) is 0 Å². The van der Waals surface area contributed by atoms with E-state index in [-0.39, 0.29) is 31.4 Å². The number of rotatable bonds is 5. The van der Waals surface area contributed by atoms with E-state index in [4.69, 9.17) is 14.2 Å². The monoisotopic (exact) mass is 410 g/mol. The molecule has 4 rings (SSSR count). The Morgan fingerprint density at radius 3 is 2.67 bits per heavy atom. The van der Waals surface area contributed by atoms with E-state index in [1.807, 2.05) is 0 Å². The molecule has 1 N–H and O–H groups in total. The minimum atomic E-state index is -0.562. The molecule has 0 aliphatic carbocycles. The Kier molecular flexibility index (Phi) is 5.09. The van der Waals surface area contributed by atoms with Gasteiger partial charge in [-0.3, -0.25) is 14.9 Å². The standard InChI is InChI=1S/C21H18N2O7/c1-12-20(21(25)28-10-13-2-7-17-18(8-13)30-11-29-17)16(9-19(24)22-12)14-3-5-15(6-4-14)23(26)27/h2-8,16H,9-11H2,1H3,(H,22,24)/t16-/m0/s1. The first kappa shape index (κ1) is 19.4. The Bertz CT molecular complexity index is 1060. The molecule has 1 amide bonds. The summed E-state index contributed by atoms with van der Waals surface area (Å²) in [6.07, 6.45) is 0.0452. The van der Waals surface area contributed by atoms with Gasteiger partial charge < -0.3 is 19.5 Å². The quantitative estimate of drug-likeness (QED) is 0.457. The number of nitro groups is 1. The summed E-state index contributed by atoms with van der Waals surface area (Å²) in [6.45, 7) is 1.81. The fourth-order valence-corrected chi connectivity index (χ4v) is 3.54. The number of amides is 1. The Morgan fingerprint density at radius 2 is 1.93 bits per heavy atom. The van der Waals surface area contributed by atoms with E-state index in [0.29, 0.717) is 28.3 Å². The lowest BCUT2D eigenvalue weighted by atomic mass is 9.84. The first-order chi connectivity index (χ1) is 14.4. The summed E-state index contributed by atoms with van der Waals surface area (Å²) < 4.78 is 16.1. The SMILES string of the molecule is CC1=C(C(=O)OCc2ccc3c(c2)OCO3)[C@H](c2ccc([N+](=O)[O-])cc2)CC(=O)N1. The fraction of sp³-hybridized carbons (Fsp3) is 0.238. The number of fused-ring (bicyclic) bond motifs is 1. The zero-order valence-electron chi connectivity index (χ0n) is 16.0. The number of nitrogens with one attached hydrogen (secondary N) is 1. The van der Waals surface area contributed by atoms with Gasteiger partial charge in [0.15, 0.2) is 11.5 Å². The fourth-order valence-electron chi connectivity index (χ4n) is 3.54. The van der Waals surface area contributed by atoms with E-state index in [1.165, 1.54) is 12.1 Å². The lowest BCUT2D eigenvalue weighted by molar-refractivity contribution is -0.384.